The number of nitrogen functional groups attached to an aromatic ring is 1. The number of anilines is 1. The molecule has 7 nitrogen and oxygen atoms in total. The van der Waals surface area contributed by atoms with Crippen LogP contribution in [-0.2, 0) is 0 Å². The number of benzene rings is 2. The zero-order chi connectivity index (χ0) is 21.7. The summed E-state index contributed by atoms with van der Waals surface area (Å²) >= 11 is 0. The first-order valence-corrected chi connectivity index (χ1v) is 9.30. The lowest BCUT2D eigenvalue weighted by Gasteiger charge is -2.17. The van der Waals surface area contributed by atoms with Crippen LogP contribution in [0.5, 0.6) is 23.0 Å². The second-order valence-electron chi connectivity index (χ2n) is 6.29. The lowest BCUT2D eigenvalue weighted by molar-refractivity contribution is 0.340. The van der Waals surface area contributed by atoms with Crippen molar-refractivity contribution in [2.75, 3.05) is 33.7 Å². The minimum atomic E-state index is 0.124. The first-order chi connectivity index (χ1) is 14.6. The number of aromatic nitrogens is 1. The number of hydrogen-bond acceptors (Lipinski definition) is 7. The average Bonchev–Trinajstić information content (AvgIpc) is 2.78. The van der Waals surface area contributed by atoms with Crippen molar-refractivity contribution in [2.45, 2.75) is 6.92 Å². The van der Waals surface area contributed by atoms with E-state index in [9.17, 15) is 5.26 Å². The van der Waals surface area contributed by atoms with E-state index in [1.54, 1.807) is 39.5 Å². The molecule has 154 valence electrons. The average molecular weight is 405 g/mol. The number of methoxy groups -OCH3 is 3. The van der Waals surface area contributed by atoms with Gasteiger partial charge in [0.05, 0.1) is 39.2 Å². The van der Waals surface area contributed by atoms with Gasteiger partial charge in [0, 0.05) is 23.3 Å². The monoisotopic (exact) mass is 405 g/mol. The second-order valence-corrected chi connectivity index (χ2v) is 6.29. The van der Waals surface area contributed by atoms with Gasteiger partial charge in [0.25, 0.3) is 0 Å². The van der Waals surface area contributed by atoms with Crippen molar-refractivity contribution in [2.24, 2.45) is 0 Å². The van der Waals surface area contributed by atoms with Crippen LogP contribution in [0.15, 0.2) is 42.5 Å². The van der Waals surface area contributed by atoms with Crippen molar-refractivity contribution < 1.29 is 18.9 Å². The molecule has 0 atom stereocenters. The van der Waals surface area contributed by atoms with Crippen molar-refractivity contribution in [1.82, 2.24) is 4.98 Å². The summed E-state index contributed by atoms with van der Waals surface area (Å²) in [5.41, 5.74) is 9.01. The fourth-order valence-corrected chi connectivity index (χ4v) is 3.19. The number of nitrogens with zero attached hydrogens (tertiary/aromatic N) is 2. The van der Waals surface area contributed by atoms with Crippen LogP contribution in [0.3, 0.4) is 0 Å². The third-order valence-corrected chi connectivity index (χ3v) is 4.60. The quantitative estimate of drug-likeness (QED) is 0.626. The summed E-state index contributed by atoms with van der Waals surface area (Å²) in [6.45, 7) is 2.52. The summed E-state index contributed by atoms with van der Waals surface area (Å²) in [5, 5.41) is 9.75. The summed E-state index contributed by atoms with van der Waals surface area (Å²) in [6, 6.07) is 14.9. The number of nitrogens with two attached hydrogens (primary N) is 1. The smallest absolute Gasteiger partial charge is 0.142 e. The van der Waals surface area contributed by atoms with Crippen molar-refractivity contribution in [3.8, 4) is 51.5 Å². The Bertz CT molecular complexity index is 1060. The molecular weight excluding hydrogens is 382 g/mol. The van der Waals surface area contributed by atoms with E-state index in [1.165, 1.54) is 0 Å². The number of hydrogen-bond donors (Lipinski definition) is 1. The maximum atomic E-state index is 9.75. The molecule has 7 heteroatoms. The second kappa shape index (κ2) is 9.05. The summed E-state index contributed by atoms with van der Waals surface area (Å²) in [6.07, 6.45) is 0. The Morgan fingerprint density at radius 2 is 1.57 bits per heavy atom. The van der Waals surface area contributed by atoms with Gasteiger partial charge < -0.3 is 24.7 Å². The van der Waals surface area contributed by atoms with E-state index in [0.717, 1.165) is 11.3 Å². The van der Waals surface area contributed by atoms with Crippen LogP contribution < -0.4 is 24.7 Å². The Hall–Kier alpha value is -3.92. The van der Waals surface area contributed by atoms with Gasteiger partial charge in [-0.3, -0.25) is 0 Å². The molecule has 1 aromatic heterocycles. The Morgan fingerprint density at radius 1 is 0.933 bits per heavy atom. The predicted molar refractivity (Wildman–Crippen MR) is 115 cm³/mol. The van der Waals surface area contributed by atoms with Crippen LogP contribution >= 0.6 is 0 Å². The van der Waals surface area contributed by atoms with Gasteiger partial charge in [0.15, 0.2) is 0 Å². The summed E-state index contributed by atoms with van der Waals surface area (Å²) in [7, 11) is 4.65. The normalized spacial score (nSPS) is 10.2. The van der Waals surface area contributed by atoms with Gasteiger partial charge in [-0.15, -0.1) is 0 Å². The molecule has 30 heavy (non-hydrogen) atoms. The molecule has 0 bridgehead atoms. The third kappa shape index (κ3) is 3.94. The minimum absolute atomic E-state index is 0.124. The van der Waals surface area contributed by atoms with Gasteiger partial charge in [-0.2, -0.15) is 5.26 Å². The highest BCUT2D eigenvalue weighted by Crippen LogP contribution is 2.44. The fourth-order valence-electron chi connectivity index (χ4n) is 3.19. The molecule has 0 aliphatic heterocycles. The maximum absolute atomic E-state index is 9.75. The van der Waals surface area contributed by atoms with Crippen LogP contribution in [-0.4, -0.2) is 32.9 Å². The number of nitriles is 1. The summed E-state index contributed by atoms with van der Waals surface area (Å²) < 4.78 is 22.0. The zero-order valence-electron chi connectivity index (χ0n) is 17.4. The van der Waals surface area contributed by atoms with Crippen molar-refractivity contribution in [1.29, 1.82) is 5.26 Å². The molecule has 2 aromatic carbocycles. The lowest BCUT2D eigenvalue weighted by atomic mass is 9.96. The van der Waals surface area contributed by atoms with E-state index in [0.29, 0.717) is 40.7 Å². The Balaban J connectivity index is 2.24. The Kier molecular flexibility index (Phi) is 6.28. The first kappa shape index (κ1) is 20.8. The highest BCUT2D eigenvalue weighted by Gasteiger charge is 2.21. The van der Waals surface area contributed by atoms with Crippen LogP contribution in [0.4, 0.5) is 5.82 Å². The molecule has 0 saturated carbocycles. The predicted octanol–water partition coefficient (Wildman–Crippen LogP) is 4.29. The van der Waals surface area contributed by atoms with Gasteiger partial charge in [-0.25, -0.2) is 4.98 Å². The van der Waals surface area contributed by atoms with Crippen LogP contribution in [0.25, 0.3) is 22.4 Å². The molecule has 3 rings (SSSR count). The minimum Gasteiger partial charge on any atom is -0.496 e. The molecule has 0 aliphatic carbocycles. The summed E-state index contributed by atoms with van der Waals surface area (Å²) in [4.78, 5) is 4.43. The van der Waals surface area contributed by atoms with E-state index < -0.39 is 0 Å². The largest absolute Gasteiger partial charge is 0.496 e. The van der Waals surface area contributed by atoms with Gasteiger partial charge >= 0.3 is 0 Å². The van der Waals surface area contributed by atoms with Gasteiger partial charge in [-0.1, -0.05) is 0 Å². The molecule has 0 spiro atoms. The molecule has 0 radical (unpaired) electrons. The Labute approximate surface area is 175 Å². The van der Waals surface area contributed by atoms with E-state index in [4.69, 9.17) is 24.7 Å². The number of ether oxygens (including phenoxy) is 4. The molecule has 0 saturated heterocycles. The zero-order valence-corrected chi connectivity index (χ0v) is 17.4. The first-order valence-electron chi connectivity index (χ1n) is 9.30. The van der Waals surface area contributed by atoms with Crippen molar-refractivity contribution >= 4 is 5.82 Å². The van der Waals surface area contributed by atoms with Crippen molar-refractivity contribution in [3.05, 3.63) is 48.0 Å². The highest BCUT2D eigenvalue weighted by atomic mass is 16.5. The maximum Gasteiger partial charge on any atom is 0.142 e. The highest BCUT2D eigenvalue weighted by molar-refractivity contribution is 5.87. The molecule has 0 aliphatic rings. The molecule has 0 fully saturated rings. The molecular formula is C23H23N3O4. The number of pyridine rings is 1. The number of rotatable bonds is 7. The molecule has 1 heterocycles. The molecule has 0 unspecified atom stereocenters. The van der Waals surface area contributed by atoms with Crippen LogP contribution in [0, 0.1) is 11.3 Å². The van der Waals surface area contributed by atoms with Gasteiger partial charge in [0.2, 0.25) is 0 Å². The van der Waals surface area contributed by atoms with Crippen LogP contribution in [0.1, 0.15) is 12.5 Å². The topological polar surface area (TPSA) is 99.6 Å². The standard InChI is InChI=1S/C23H23N3O4/c1-5-30-15-8-6-14(7-9-15)19-12-17(18(13-24)23(25)26-19)22-20(28-3)10-16(27-2)11-21(22)29-4/h6-12H,5H2,1-4H3,(H2,25,26). The molecule has 2 N–H and O–H groups in total. The van der Waals surface area contributed by atoms with Crippen molar-refractivity contribution in [3.63, 3.8) is 0 Å². The van der Waals surface area contributed by atoms with Crippen LogP contribution in [0.2, 0.25) is 0 Å². The van der Waals surface area contributed by atoms with Gasteiger partial charge in [-0.05, 0) is 37.3 Å². The molecule has 3 aromatic rings. The SMILES string of the molecule is CCOc1ccc(-c2cc(-c3c(OC)cc(OC)cc3OC)c(C#N)c(N)n2)cc1. The van der Waals surface area contributed by atoms with E-state index >= 15 is 0 Å². The van der Waals surface area contributed by atoms with Gasteiger partial charge in [0.1, 0.15) is 40.4 Å². The Morgan fingerprint density at radius 3 is 2.07 bits per heavy atom. The van der Waals surface area contributed by atoms with E-state index in [-0.39, 0.29) is 11.4 Å². The fraction of sp³-hybridized carbons (Fsp3) is 0.217. The van der Waals surface area contributed by atoms with E-state index in [1.807, 2.05) is 31.2 Å². The lowest BCUT2D eigenvalue weighted by Crippen LogP contribution is -2.02. The summed E-state index contributed by atoms with van der Waals surface area (Å²) in [5.74, 6) is 2.44. The van der Waals surface area contributed by atoms with E-state index in [2.05, 4.69) is 11.1 Å². The third-order valence-electron chi connectivity index (χ3n) is 4.60. The molecule has 0 amide bonds.